The van der Waals surface area contributed by atoms with Crippen LogP contribution in [0.2, 0.25) is 0 Å². The summed E-state index contributed by atoms with van der Waals surface area (Å²) in [5, 5.41) is 0. The minimum absolute atomic E-state index is 0.855. The van der Waals surface area contributed by atoms with Crippen molar-refractivity contribution in [3.05, 3.63) is 22.2 Å². The lowest BCUT2D eigenvalue weighted by molar-refractivity contribution is 0.187. The quantitative estimate of drug-likeness (QED) is 0.839. The van der Waals surface area contributed by atoms with Crippen molar-refractivity contribution < 1.29 is 0 Å². The molecule has 1 heterocycles. The van der Waals surface area contributed by atoms with Crippen LogP contribution in [-0.4, -0.2) is 37.1 Å². The monoisotopic (exact) mass is 337 g/mol. The minimum Gasteiger partial charge on any atom is -0.398 e. The van der Waals surface area contributed by atoms with Crippen molar-refractivity contribution in [3.8, 4) is 0 Å². The van der Waals surface area contributed by atoms with E-state index in [2.05, 4.69) is 38.7 Å². The van der Waals surface area contributed by atoms with Gasteiger partial charge in [0.1, 0.15) is 0 Å². The summed E-state index contributed by atoms with van der Waals surface area (Å²) in [6, 6.07) is 5.10. The molecule has 1 saturated carbocycles. The zero-order valence-electron chi connectivity index (χ0n) is 12.2. The Kier molecular flexibility index (Phi) is 4.22. The van der Waals surface area contributed by atoms with Crippen LogP contribution in [0.25, 0.3) is 0 Å². The first-order valence-electron chi connectivity index (χ1n) is 7.70. The highest BCUT2D eigenvalue weighted by molar-refractivity contribution is 9.10. The van der Waals surface area contributed by atoms with E-state index in [1.54, 1.807) is 0 Å². The summed E-state index contributed by atoms with van der Waals surface area (Å²) < 4.78 is 1.12. The van der Waals surface area contributed by atoms with E-state index in [1.165, 1.54) is 50.0 Å². The molecule has 2 N–H and O–H groups in total. The van der Waals surface area contributed by atoms with E-state index in [4.69, 9.17) is 5.73 Å². The summed E-state index contributed by atoms with van der Waals surface area (Å²) in [6.45, 7) is 6.72. The Morgan fingerprint density at radius 3 is 2.40 bits per heavy atom. The van der Waals surface area contributed by atoms with Gasteiger partial charge in [-0.2, -0.15) is 0 Å². The van der Waals surface area contributed by atoms with E-state index in [0.717, 1.165) is 29.3 Å². The van der Waals surface area contributed by atoms with Crippen LogP contribution >= 0.6 is 15.9 Å². The number of halogens is 1. The average molecular weight is 338 g/mol. The van der Waals surface area contributed by atoms with Crippen LogP contribution in [0.1, 0.15) is 31.2 Å². The Morgan fingerprint density at radius 2 is 1.75 bits per heavy atom. The number of aryl methyl sites for hydroxylation is 1. The molecule has 0 amide bonds. The molecule has 0 radical (unpaired) electrons. The summed E-state index contributed by atoms with van der Waals surface area (Å²) in [5.74, 6) is 0. The molecular weight excluding hydrogens is 314 g/mol. The van der Waals surface area contributed by atoms with Crippen molar-refractivity contribution in [1.29, 1.82) is 0 Å². The maximum absolute atomic E-state index is 5.97. The molecular formula is C16H24BrN3. The van der Waals surface area contributed by atoms with Crippen LogP contribution in [0.3, 0.4) is 0 Å². The third kappa shape index (κ3) is 2.82. The van der Waals surface area contributed by atoms with Crippen molar-refractivity contribution >= 4 is 27.3 Å². The molecule has 20 heavy (non-hydrogen) atoms. The second-order valence-corrected chi connectivity index (χ2v) is 6.98. The molecule has 0 aromatic heterocycles. The molecule has 0 atom stereocenters. The van der Waals surface area contributed by atoms with Gasteiger partial charge in [-0.1, -0.05) is 12.8 Å². The zero-order chi connectivity index (χ0) is 14.1. The summed E-state index contributed by atoms with van der Waals surface area (Å²) in [7, 11) is 0. The van der Waals surface area contributed by atoms with E-state index in [9.17, 15) is 0 Å². The third-order valence-electron chi connectivity index (χ3n) is 4.83. The second kappa shape index (κ2) is 5.94. The third-order valence-corrected chi connectivity index (χ3v) is 5.47. The van der Waals surface area contributed by atoms with Gasteiger partial charge in [0.15, 0.2) is 0 Å². The fourth-order valence-electron chi connectivity index (χ4n) is 3.52. The fraction of sp³-hybridized carbons (Fsp3) is 0.625. The first-order valence-corrected chi connectivity index (χ1v) is 8.49. The van der Waals surface area contributed by atoms with Crippen molar-refractivity contribution in [2.24, 2.45) is 0 Å². The van der Waals surface area contributed by atoms with Gasteiger partial charge in [0.2, 0.25) is 0 Å². The van der Waals surface area contributed by atoms with Gasteiger partial charge in [-0.15, -0.1) is 0 Å². The molecule has 1 saturated heterocycles. The van der Waals surface area contributed by atoms with Crippen LogP contribution < -0.4 is 10.6 Å². The molecule has 2 aliphatic rings. The number of nitrogens with two attached hydrogens (primary N) is 1. The van der Waals surface area contributed by atoms with Gasteiger partial charge in [-0.25, -0.2) is 0 Å². The maximum Gasteiger partial charge on any atom is 0.0515 e. The lowest BCUT2D eigenvalue weighted by Crippen LogP contribution is -2.49. The number of hydrogen-bond acceptors (Lipinski definition) is 3. The van der Waals surface area contributed by atoms with E-state index in [0.29, 0.717) is 0 Å². The van der Waals surface area contributed by atoms with Crippen LogP contribution in [0, 0.1) is 6.92 Å². The number of nitrogen functional groups attached to an aromatic ring is 1. The van der Waals surface area contributed by atoms with Gasteiger partial charge in [-0.05, 0) is 53.4 Å². The minimum atomic E-state index is 0.855. The highest BCUT2D eigenvalue weighted by atomic mass is 79.9. The highest BCUT2D eigenvalue weighted by Crippen LogP contribution is 2.32. The normalized spacial score (nSPS) is 21.6. The lowest BCUT2D eigenvalue weighted by atomic mass is 10.1. The number of hydrogen-bond donors (Lipinski definition) is 1. The molecule has 1 aliphatic heterocycles. The van der Waals surface area contributed by atoms with Crippen LogP contribution in [0.4, 0.5) is 11.4 Å². The smallest absolute Gasteiger partial charge is 0.0515 e. The second-order valence-electron chi connectivity index (χ2n) is 6.12. The average Bonchev–Trinajstić information content (AvgIpc) is 2.97. The first kappa shape index (κ1) is 14.2. The molecule has 110 valence electrons. The number of benzene rings is 1. The molecule has 4 heteroatoms. The Bertz CT molecular complexity index is 475. The number of rotatable bonds is 2. The van der Waals surface area contributed by atoms with E-state index in [-0.39, 0.29) is 0 Å². The van der Waals surface area contributed by atoms with E-state index < -0.39 is 0 Å². The Hall–Kier alpha value is -0.740. The van der Waals surface area contributed by atoms with Crippen LogP contribution in [0.15, 0.2) is 16.6 Å². The number of piperazine rings is 1. The molecule has 1 aliphatic carbocycles. The van der Waals surface area contributed by atoms with Gasteiger partial charge in [0, 0.05) is 42.4 Å². The van der Waals surface area contributed by atoms with Gasteiger partial charge < -0.3 is 10.6 Å². The standard InChI is InChI=1S/C16H24BrN3/c1-12-10-16(14(17)11-15(12)18)20-8-6-19(7-9-20)13-4-2-3-5-13/h10-11,13H,2-9,18H2,1H3. The largest absolute Gasteiger partial charge is 0.398 e. The van der Waals surface area contributed by atoms with Crippen molar-refractivity contribution in [3.63, 3.8) is 0 Å². The summed E-state index contributed by atoms with van der Waals surface area (Å²) in [5.41, 5.74) is 9.30. The summed E-state index contributed by atoms with van der Waals surface area (Å²) in [4.78, 5) is 5.18. The summed E-state index contributed by atoms with van der Waals surface area (Å²) >= 11 is 3.66. The Morgan fingerprint density at radius 1 is 1.10 bits per heavy atom. The predicted octanol–water partition coefficient (Wildman–Crippen LogP) is 3.40. The lowest BCUT2D eigenvalue weighted by Gasteiger charge is -2.39. The molecule has 2 fully saturated rings. The van der Waals surface area contributed by atoms with Crippen LogP contribution in [-0.2, 0) is 0 Å². The summed E-state index contributed by atoms with van der Waals surface area (Å²) in [6.07, 6.45) is 5.66. The first-order chi connectivity index (χ1) is 9.65. The van der Waals surface area contributed by atoms with Gasteiger partial charge in [0.05, 0.1) is 5.69 Å². The Balaban J connectivity index is 1.67. The molecule has 3 nitrogen and oxygen atoms in total. The van der Waals surface area contributed by atoms with Gasteiger partial charge in [0.25, 0.3) is 0 Å². The van der Waals surface area contributed by atoms with Crippen molar-refractivity contribution in [1.82, 2.24) is 4.90 Å². The van der Waals surface area contributed by atoms with Gasteiger partial charge >= 0.3 is 0 Å². The Labute approximate surface area is 130 Å². The van der Waals surface area contributed by atoms with E-state index >= 15 is 0 Å². The maximum atomic E-state index is 5.97. The molecule has 1 aromatic carbocycles. The van der Waals surface area contributed by atoms with Crippen molar-refractivity contribution in [2.75, 3.05) is 36.8 Å². The molecule has 1 aromatic rings. The number of nitrogens with zero attached hydrogens (tertiary/aromatic N) is 2. The van der Waals surface area contributed by atoms with E-state index in [1.807, 2.05) is 6.07 Å². The predicted molar refractivity (Wildman–Crippen MR) is 89.3 cm³/mol. The molecule has 0 unspecified atom stereocenters. The molecule has 0 bridgehead atoms. The fourth-order valence-corrected chi connectivity index (χ4v) is 4.13. The molecule has 0 spiro atoms. The highest BCUT2D eigenvalue weighted by Gasteiger charge is 2.26. The zero-order valence-corrected chi connectivity index (χ0v) is 13.8. The molecule has 3 rings (SSSR count). The van der Waals surface area contributed by atoms with Crippen LogP contribution in [0.5, 0.6) is 0 Å². The number of anilines is 2. The SMILES string of the molecule is Cc1cc(N2CCN(C3CCCC3)CC2)c(Br)cc1N. The topological polar surface area (TPSA) is 32.5 Å². The van der Waals surface area contributed by atoms with Crippen molar-refractivity contribution in [2.45, 2.75) is 38.6 Å². The van der Waals surface area contributed by atoms with Gasteiger partial charge in [-0.3, -0.25) is 4.90 Å².